The molecule has 0 N–H and O–H groups in total. The van der Waals surface area contributed by atoms with Crippen LogP contribution in [0.2, 0.25) is 0 Å². The van der Waals surface area contributed by atoms with Crippen molar-refractivity contribution in [3.63, 3.8) is 0 Å². The van der Waals surface area contributed by atoms with Gasteiger partial charge in [0.1, 0.15) is 24.0 Å². The molecule has 0 bridgehead atoms. The van der Waals surface area contributed by atoms with E-state index in [4.69, 9.17) is 9.72 Å². The fraction of sp³-hybridized carbons (Fsp3) is 0.167. The maximum Gasteiger partial charge on any atom is 0.137 e. The van der Waals surface area contributed by atoms with Crippen LogP contribution in [0.5, 0.6) is 11.5 Å². The summed E-state index contributed by atoms with van der Waals surface area (Å²) in [5.41, 5.74) is 16.3. The maximum absolute atomic E-state index is 7.08. The fourth-order valence-corrected chi connectivity index (χ4v) is 13.3. The molecule has 0 saturated heterocycles. The third kappa shape index (κ3) is 8.32. The zero-order valence-electron chi connectivity index (χ0n) is 49.3. The lowest BCUT2D eigenvalue weighted by molar-refractivity contribution is 0.483. The van der Waals surface area contributed by atoms with E-state index in [9.17, 15) is 0 Å². The van der Waals surface area contributed by atoms with Gasteiger partial charge in [-0.1, -0.05) is 202 Å². The van der Waals surface area contributed by atoms with Crippen molar-refractivity contribution >= 4 is 98.3 Å². The van der Waals surface area contributed by atoms with Crippen molar-refractivity contribution in [3.05, 3.63) is 247 Å². The van der Waals surface area contributed by atoms with E-state index in [0.717, 1.165) is 56.2 Å². The lowest BCUT2D eigenvalue weighted by atomic mass is 9.78. The molecule has 0 fully saturated rings. The van der Waals surface area contributed by atoms with Crippen molar-refractivity contribution in [3.8, 4) is 34.1 Å². The molecule has 0 aliphatic carbocycles. The molecule has 0 radical (unpaired) electrons. The monoisotopic (exact) mass is 1090 g/mol. The van der Waals surface area contributed by atoms with Crippen LogP contribution >= 0.6 is 0 Å². The SMILES string of the molecule is CC(C)(C)c1cc(-c2cccc3c4ccccc4c4ccccc4c4cccc5c4n(c23)CN5c2cccc(Oc3ccc4c5cc(-n6c7ccccc7c7ccccc76)ccc5n(-c5cc(C(C)(C)C)ccn5)c4c3)c2)cc(C(C)(C)C)c1. The van der Waals surface area contributed by atoms with Crippen LogP contribution in [0.15, 0.2) is 231 Å². The molecule has 410 valence electrons. The number of hydrogen-bond acceptors (Lipinski definition) is 3. The van der Waals surface area contributed by atoms with Gasteiger partial charge in [-0.15, -0.1) is 0 Å². The number of para-hydroxylation sites is 4. The molecule has 5 heterocycles. The van der Waals surface area contributed by atoms with Gasteiger partial charge in [0.2, 0.25) is 0 Å². The third-order valence-corrected chi connectivity index (χ3v) is 17.6. The molecule has 14 aromatic rings. The van der Waals surface area contributed by atoms with Gasteiger partial charge >= 0.3 is 0 Å². The van der Waals surface area contributed by atoms with Crippen molar-refractivity contribution in [2.75, 3.05) is 4.90 Å². The molecular weight excluding hydrogens is 1020 g/mol. The third-order valence-electron chi connectivity index (χ3n) is 17.6. The number of fused-ring (bicyclic) bond motifs is 13. The van der Waals surface area contributed by atoms with E-state index in [2.05, 4.69) is 305 Å². The zero-order valence-corrected chi connectivity index (χ0v) is 49.3. The van der Waals surface area contributed by atoms with Crippen LogP contribution in [-0.2, 0) is 22.9 Å². The highest BCUT2D eigenvalue weighted by Gasteiger charge is 2.28. The van der Waals surface area contributed by atoms with Crippen LogP contribution in [0.3, 0.4) is 0 Å². The van der Waals surface area contributed by atoms with Crippen LogP contribution in [0.1, 0.15) is 79.0 Å². The van der Waals surface area contributed by atoms with E-state index in [-0.39, 0.29) is 16.2 Å². The van der Waals surface area contributed by atoms with Crippen LogP contribution in [0.25, 0.3) is 110 Å². The van der Waals surface area contributed by atoms with Gasteiger partial charge in [-0.25, -0.2) is 4.98 Å². The summed E-state index contributed by atoms with van der Waals surface area (Å²) in [5.74, 6) is 2.37. The van der Waals surface area contributed by atoms with Gasteiger partial charge < -0.3 is 18.8 Å². The van der Waals surface area contributed by atoms with Crippen LogP contribution < -0.4 is 9.64 Å². The Labute approximate surface area is 490 Å². The van der Waals surface area contributed by atoms with Gasteiger partial charge in [0, 0.05) is 67.6 Å². The van der Waals surface area contributed by atoms with E-state index in [1.807, 2.05) is 6.20 Å². The Morgan fingerprint density at radius 2 is 0.893 bits per heavy atom. The van der Waals surface area contributed by atoms with E-state index in [1.54, 1.807) is 0 Å². The summed E-state index contributed by atoms with van der Waals surface area (Å²) in [7, 11) is 0. The van der Waals surface area contributed by atoms with Gasteiger partial charge in [0.25, 0.3) is 0 Å². The number of aromatic nitrogens is 4. The number of anilines is 2. The fourth-order valence-electron chi connectivity index (χ4n) is 13.3. The van der Waals surface area contributed by atoms with Crippen molar-refractivity contribution in [2.24, 2.45) is 0 Å². The van der Waals surface area contributed by atoms with Crippen molar-refractivity contribution in [1.82, 2.24) is 18.7 Å². The molecule has 4 aromatic heterocycles. The van der Waals surface area contributed by atoms with E-state index in [1.165, 1.54) is 93.0 Å². The van der Waals surface area contributed by atoms with Crippen molar-refractivity contribution in [2.45, 2.75) is 85.2 Å². The summed E-state index contributed by atoms with van der Waals surface area (Å²) in [6, 6.07) is 82.9. The molecular formula is C78H67N5O. The largest absolute Gasteiger partial charge is 0.457 e. The molecule has 15 rings (SSSR count). The number of pyridine rings is 1. The molecule has 6 nitrogen and oxygen atoms in total. The summed E-state index contributed by atoms with van der Waals surface area (Å²) in [4.78, 5) is 7.54. The van der Waals surface area contributed by atoms with Crippen molar-refractivity contribution in [1.29, 1.82) is 0 Å². The second-order valence-electron chi connectivity index (χ2n) is 26.1. The first-order valence-corrected chi connectivity index (χ1v) is 29.5. The highest BCUT2D eigenvalue weighted by atomic mass is 16.5. The Bertz CT molecular complexity index is 5020. The van der Waals surface area contributed by atoms with Gasteiger partial charge in [0.05, 0.1) is 38.8 Å². The Morgan fingerprint density at radius 3 is 1.54 bits per heavy atom. The molecule has 0 unspecified atom stereocenters. The topological polar surface area (TPSA) is 40.1 Å². The Kier molecular flexibility index (Phi) is 11.6. The Morgan fingerprint density at radius 1 is 0.357 bits per heavy atom. The van der Waals surface area contributed by atoms with Crippen LogP contribution in [0.4, 0.5) is 11.4 Å². The summed E-state index contributed by atoms with van der Waals surface area (Å²) in [6.45, 7) is 21.3. The average molecular weight is 1090 g/mol. The first kappa shape index (κ1) is 51.2. The lowest BCUT2D eigenvalue weighted by Gasteiger charge is -2.27. The number of rotatable bonds is 6. The summed E-state index contributed by atoms with van der Waals surface area (Å²) < 4.78 is 14.4. The second-order valence-corrected chi connectivity index (χ2v) is 26.1. The molecule has 0 amide bonds. The van der Waals surface area contributed by atoms with Gasteiger partial charge in [-0.05, 0) is 133 Å². The molecule has 84 heavy (non-hydrogen) atoms. The normalized spacial score (nSPS) is 13.0. The smallest absolute Gasteiger partial charge is 0.137 e. The Hall–Kier alpha value is -9.65. The number of nitrogens with zero attached hydrogens (tertiary/aromatic N) is 5. The molecule has 10 aromatic carbocycles. The standard InChI is InChI=1S/C78H67N5O/c1-76(2,3)50-39-40-79-73(44-50)83-70-38-35-54(82-68-32-16-14-27-62(68)63-28-15-17-33-69(63)82)46-67(70)64-37-36-56(47-72(64)83)84-55-22-18-21-53(45-55)80-48-81-74-57(49-41-51(77(4,5)6)43-52(42-49)78(7,8)9)29-19-30-65(74)60-25-12-10-23-58(60)59-24-11-13-26-61(59)66-31-20-34-71(80)75(66)81/h10-47H,48H2,1-9H3. The average Bonchev–Trinajstić information content (AvgIpc) is 2.30. The number of ether oxygens (including phenoxy) is 1. The highest BCUT2D eigenvalue weighted by molar-refractivity contribution is 6.22. The second kappa shape index (κ2) is 18.9. The molecule has 1 aliphatic heterocycles. The molecule has 0 saturated carbocycles. The molecule has 0 spiro atoms. The maximum atomic E-state index is 7.08. The molecule has 1 aliphatic rings. The Balaban J connectivity index is 0.900. The highest BCUT2D eigenvalue weighted by Crippen LogP contribution is 2.47. The summed E-state index contributed by atoms with van der Waals surface area (Å²) in [5, 5.41) is 12.0. The minimum Gasteiger partial charge on any atom is -0.457 e. The minimum atomic E-state index is -0.0703. The zero-order chi connectivity index (χ0) is 57.4. The van der Waals surface area contributed by atoms with Gasteiger partial charge in [-0.3, -0.25) is 4.57 Å². The van der Waals surface area contributed by atoms with E-state index >= 15 is 0 Å². The quantitative estimate of drug-likeness (QED) is 0.167. The van der Waals surface area contributed by atoms with E-state index < -0.39 is 0 Å². The van der Waals surface area contributed by atoms with Crippen molar-refractivity contribution < 1.29 is 4.74 Å². The first-order valence-electron chi connectivity index (χ1n) is 29.5. The van der Waals surface area contributed by atoms with Crippen LogP contribution in [0, 0.1) is 0 Å². The molecule has 0 atom stereocenters. The van der Waals surface area contributed by atoms with E-state index in [0.29, 0.717) is 6.67 Å². The van der Waals surface area contributed by atoms with Gasteiger partial charge in [-0.2, -0.15) is 0 Å². The molecule has 6 heteroatoms. The van der Waals surface area contributed by atoms with Gasteiger partial charge in [0.15, 0.2) is 0 Å². The summed E-state index contributed by atoms with van der Waals surface area (Å²) >= 11 is 0. The van der Waals surface area contributed by atoms with Crippen LogP contribution in [-0.4, -0.2) is 18.7 Å². The lowest BCUT2D eigenvalue weighted by Crippen LogP contribution is -2.17. The number of benzene rings is 10. The predicted molar refractivity (Wildman–Crippen MR) is 355 cm³/mol. The minimum absolute atomic E-state index is 0.0546. The first-order chi connectivity index (χ1) is 40.5. The predicted octanol–water partition coefficient (Wildman–Crippen LogP) is 21.3. The number of hydrogen-bond donors (Lipinski definition) is 0. The summed E-state index contributed by atoms with van der Waals surface area (Å²) in [6.07, 6.45) is 1.95.